The molecule has 2 aromatic carbocycles. The molecule has 1 atom stereocenters. The van der Waals surface area contributed by atoms with Crippen LogP contribution < -0.4 is 34.8 Å². The Kier molecular flexibility index (Phi) is 11.7. The van der Waals surface area contributed by atoms with Crippen LogP contribution in [0.25, 0.3) is 11.1 Å². The van der Waals surface area contributed by atoms with Crippen LogP contribution in [0.2, 0.25) is 0 Å². The first-order chi connectivity index (χ1) is 17.8. The second-order valence-electron chi connectivity index (χ2n) is 9.54. The van der Waals surface area contributed by atoms with E-state index in [0.29, 0.717) is 5.69 Å². The van der Waals surface area contributed by atoms with E-state index in [9.17, 15) is 19.5 Å². The van der Waals surface area contributed by atoms with E-state index in [1.165, 1.54) is 0 Å². The third kappa shape index (κ3) is 7.93. The van der Waals surface area contributed by atoms with Crippen molar-refractivity contribution in [3.63, 3.8) is 0 Å². The molecule has 0 radical (unpaired) electrons. The zero-order chi connectivity index (χ0) is 26.4. The van der Waals surface area contributed by atoms with Crippen molar-refractivity contribution in [2.75, 3.05) is 10.6 Å². The zero-order valence-electron chi connectivity index (χ0n) is 22.5. The number of carboxylic acids is 1. The van der Waals surface area contributed by atoms with Gasteiger partial charge in [0.25, 0.3) is 5.91 Å². The number of pyridine rings is 1. The van der Waals surface area contributed by atoms with Gasteiger partial charge in [-0.25, -0.2) is 9.59 Å². The number of aromatic nitrogens is 1. The molecule has 4 rings (SSSR count). The summed E-state index contributed by atoms with van der Waals surface area (Å²) in [4.78, 5) is 42.6. The van der Waals surface area contributed by atoms with Gasteiger partial charge in [0.2, 0.25) is 0 Å². The standard InChI is InChI=1S/C29H32N4O4.Li.H2O/c1-18-8-6-9-19(2)25(18)33-29(37)31-24-16-21(22-12-7-15-30-17-22)13-14-23(24)27(34)32-26(28(35)36)20-10-4-3-5-11-20;;/h6-9,12-17,20,26H,3-5,10-11H2,1-2H3,(H,32,34)(H,35,36)(H2,31,33,37);;1H2/q;+1;/p-1/t26-;;/m0../s1. The number of anilines is 2. The van der Waals surface area contributed by atoms with Gasteiger partial charge >= 0.3 is 30.9 Å². The minimum Gasteiger partial charge on any atom is -0.870 e. The van der Waals surface area contributed by atoms with E-state index in [1.54, 1.807) is 36.7 Å². The summed E-state index contributed by atoms with van der Waals surface area (Å²) in [5.41, 5.74) is 4.55. The topological polar surface area (TPSA) is 150 Å². The first-order valence-electron chi connectivity index (χ1n) is 12.6. The molecule has 200 valence electrons. The smallest absolute Gasteiger partial charge is 0.870 e. The van der Waals surface area contributed by atoms with E-state index < -0.39 is 23.9 Å². The maximum Gasteiger partial charge on any atom is 1.00 e. The van der Waals surface area contributed by atoms with Crippen LogP contribution in [0.3, 0.4) is 0 Å². The van der Waals surface area contributed by atoms with Gasteiger partial charge in [0, 0.05) is 23.6 Å². The van der Waals surface area contributed by atoms with Gasteiger partial charge in [0.1, 0.15) is 6.04 Å². The zero-order valence-corrected chi connectivity index (χ0v) is 22.5. The molecule has 1 heterocycles. The Bertz CT molecular complexity index is 1280. The van der Waals surface area contributed by atoms with Crippen molar-refractivity contribution in [2.45, 2.75) is 52.0 Å². The fourth-order valence-corrected chi connectivity index (χ4v) is 4.91. The van der Waals surface area contributed by atoms with Gasteiger partial charge in [-0.3, -0.25) is 9.78 Å². The van der Waals surface area contributed by atoms with Gasteiger partial charge < -0.3 is 26.5 Å². The van der Waals surface area contributed by atoms with Crippen molar-refractivity contribution >= 4 is 29.3 Å². The molecule has 0 spiro atoms. The largest absolute Gasteiger partial charge is 1.00 e. The van der Waals surface area contributed by atoms with E-state index >= 15 is 0 Å². The molecule has 0 unspecified atom stereocenters. The number of hydrogen-bond acceptors (Lipinski definition) is 5. The van der Waals surface area contributed by atoms with Crippen LogP contribution in [-0.4, -0.2) is 39.5 Å². The number of carbonyl (C=O) groups excluding carboxylic acids is 2. The number of carboxylic acid groups (broad SMARTS) is 1. The van der Waals surface area contributed by atoms with E-state index in [2.05, 4.69) is 20.9 Å². The number of nitrogens with one attached hydrogen (secondary N) is 3. The molecule has 0 bridgehead atoms. The average molecular weight is 525 g/mol. The van der Waals surface area contributed by atoms with Crippen LogP contribution in [0.4, 0.5) is 16.2 Å². The summed E-state index contributed by atoms with van der Waals surface area (Å²) in [7, 11) is 0. The van der Waals surface area contributed by atoms with Gasteiger partial charge in [0.05, 0.1) is 11.3 Å². The summed E-state index contributed by atoms with van der Waals surface area (Å²) in [6, 6.07) is 13.0. The fourth-order valence-electron chi connectivity index (χ4n) is 4.91. The molecule has 0 aliphatic heterocycles. The predicted octanol–water partition coefficient (Wildman–Crippen LogP) is 2.60. The molecule has 1 aliphatic rings. The van der Waals surface area contributed by atoms with Crippen molar-refractivity contribution in [3.05, 3.63) is 77.6 Å². The molecule has 3 amide bonds. The Hall–Kier alpha value is -3.64. The van der Waals surface area contributed by atoms with Crippen molar-refractivity contribution in [1.82, 2.24) is 10.3 Å². The van der Waals surface area contributed by atoms with Crippen LogP contribution in [0, 0.1) is 19.8 Å². The number of benzene rings is 2. The summed E-state index contributed by atoms with van der Waals surface area (Å²) in [5, 5.41) is 18.2. The number of amides is 3. The maximum atomic E-state index is 13.4. The first-order valence-corrected chi connectivity index (χ1v) is 12.6. The summed E-state index contributed by atoms with van der Waals surface area (Å²) in [6.07, 6.45) is 7.88. The molecule has 1 saturated carbocycles. The Labute approximate surface area is 240 Å². The van der Waals surface area contributed by atoms with Crippen LogP contribution in [-0.2, 0) is 4.79 Å². The molecule has 0 saturated heterocycles. The predicted molar refractivity (Wildman–Crippen MR) is 146 cm³/mol. The van der Waals surface area contributed by atoms with Crippen LogP contribution in [0.1, 0.15) is 53.6 Å². The Morgan fingerprint density at radius 3 is 2.23 bits per heavy atom. The molecule has 10 heteroatoms. The minimum atomic E-state index is -1.05. The number of aryl methyl sites for hydroxylation is 2. The van der Waals surface area contributed by atoms with Crippen molar-refractivity contribution < 1.29 is 43.8 Å². The van der Waals surface area contributed by atoms with Crippen molar-refractivity contribution in [3.8, 4) is 11.1 Å². The molecule has 1 aromatic heterocycles. The van der Waals surface area contributed by atoms with Gasteiger partial charge in [-0.15, -0.1) is 0 Å². The maximum absolute atomic E-state index is 13.4. The SMILES string of the molecule is Cc1cccc(C)c1NC(=O)Nc1cc(-c2cccnc2)ccc1C(=O)N[C@H](C(=O)O)C1CCCCC1.[Li+].[OH-]. The number of aliphatic carboxylic acids is 1. The number of carbonyl (C=O) groups is 3. The third-order valence-electron chi connectivity index (χ3n) is 6.90. The minimum absolute atomic E-state index is 0. The molecule has 1 fully saturated rings. The van der Waals surface area contributed by atoms with E-state index in [-0.39, 0.29) is 41.5 Å². The van der Waals surface area contributed by atoms with E-state index in [4.69, 9.17) is 0 Å². The molecular formula is C29H33LiN4O5. The van der Waals surface area contributed by atoms with Crippen molar-refractivity contribution in [2.24, 2.45) is 5.92 Å². The summed E-state index contributed by atoms with van der Waals surface area (Å²) in [5.74, 6) is -1.71. The summed E-state index contributed by atoms with van der Waals surface area (Å²) < 4.78 is 0. The second-order valence-corrected chi connectivity index (χ2v) is 9.54. The second kappa shape index (κ2) is 14.5. The molecule has 3 aromatic rings. The number of nitrogens with zero attached hydrogens (tertiary/aromatic N) is 1. The number of hydrogen-bond donors (Lipinski definition) is 4. The van der Waals surface area contributed by atoms with Gasteiger partial charge in [-0.05, 0) is 67.5 Å². The van der Waals surface area contributed by atoms with Gasteiger partial charge in [-0.1, -0.05) is 49.6 Å². The molecule has 5 N–H and O–H groups in total. The number of urea groups is 1. The quantitative estimate of drug-likeness (QED) is 0.349. The molecule has 9 nitrogen and oxygen atoms in total. The number of para-hydroxylation sites is 1. The third-order valence-corrected chi connectivity index (χ3v) is 6.90. The number of rotatable bonds is 7. The monoisotopic (exact) mass is 524 g/mol. The van der Waals surface area contributed by atoms with Gasteiger partial charge in [-0.2, -0.15) is 0 Å². The molecular weight excluding hydrogens is 491 g/mol. The van der Waals surface area contributed by atoms with Crippen molar-refractivity contribution in [1.29, 1.82) is 0 Å². The summed E-state index contributed by atoms with van der Waals surface area (Å²) >= 11 is 0. The Morgan fingerprint density at radius 2 is 1.62 bits per heavy atom. The van der Waals surface area contributed by atoms with Crippen LogP contribution >= 0.6 is 0 Å². The molecule has 1 aliphatic carbocycles. The van der Waals surface area contributed by atoms with Gasteiger partial charge in [0.15, 0.2) is 0 Å². The fraction of sp³-hybridized carbons (Fsp3) is 0.310. The van der Waals surface area contributed by atoms with E-state index in [1.807, 2.05) is 38.1 Å². The summed E-state index contributed by atoms with van der Waals surface area (Å²) in [6.45, 7) is 3.81. The normalized spacial score (nSPS) is 13.7. The van der Waals surface area contributed by atoms with Crippen LogP contribution in [0.15, 0.2) is 60.9 Å². The van der Waals surface area contributed by atoms with Crippen LogP contribution in [0.5, 0.6) is 0 Å². The first kappa shape index (κ1) is 31.6. The average Bonchev–Trinajstić information content (AvgIpc) is 2.90. The molecule has 39 heavy (non-hydrogen) atoms. The Balaban J connectivity index is 0.00000267. The Morgan fingerprint density at radius 1 is 0.923 bits per heavy atom. The van der Waals surface area contributed by atoms with E-state index in [0.717, 1.165) is 54.4 Å².